The van der Waals surface area contributed by atoms with E-state index < -0.39 is 5.60 Å². The molecular formula is C18H18OS3. The maximum Gasteiger partial charge on any atom is 0.140 e. The lowest BCUT2D eigenvalue weighted by Crippen LogP contribution is -2.49. The second kappa shape index (κ2) is 5.52. The van der Waals surface area contributed by atoms with E-state index in [4.69, 9.17) is 0 Å². The van der Waals surface area contributed by atoms with Crippen molar-refractivity contribution in [2.75, 3.05) is 11.5 Å². The zero-order valence-corrected chi connectivity index (χ0v) is 14.9. The molecule has 22 heavy (non-hydrogen) atoms. The van der Waals surface area contributed by atoms with E-state index in [0.29, 0.717) is 0 Å². The predicted molar refractivity (Wildman–Crippen MR) is 97.9 cm³/mol. The van der Waals surface area contributed by atoms with Crippen LogP contribution in [0.4, 0.5) is 0 Å². The molecule has 0 unspecified atom stereocenters. The molecule has 1 N–H and O–H groups in total. The standard InChI is InChI=1S/C18H18OS3/c1-17(20-11-6-12-21-17)18(19)13-7-2-4-9-15(13)22-16-10-5-3-8-14(16)18/h2-5,7-10,19H,6,11-12H2,1H3. The van der Waals surface area contributed by atoms with Crippen molar-refractivity contribution in [3.8, 4) is 0 Å². The van der Waals surface area contributed by atoms with Crippen LogP contribution in [0.15, 0.2) is 58.3 Å². The van der Waals surface area contributed by atoms with Crippen LogP contribution in [-0.4, -0.2) is 20.7 Å². The van der Waals surface area contributed by atoms with Gasteiger partial charge in [0.2, 0.25) is 0 Å². The lowest BCUT2D eigenvalue weighted by Gasteiger charge is -2.49. The topological polar surface area (TPSA) is 20.2 Å². The molecule has 2 aromatic carbocycles. The average Bonchev–Trinajstić information content (AvgIpc) is 2.56. The van der Waals surface area contributed by atoms with E-state index in [1.807, 2.05) is 35.7 Å². The van der Waals surface area contributed by atoms with Gasteiger partial charge in [-0.3, -0.25) is 0 Å². The summed E-state index contributed by atoms with van der Waals surface area (Å²) in [4.78, 5) is 2.35. The van der Waals surface area contributed by atoms with Gasteiger partial charge < -0.3 is 5.11 Å². The Hall–Kier alpha value is -0.550. The number of benzene rings is 2. The van der Waals surface area contributed by atoms with Crippen molar-refractivity contribution in [2.24, 2.45) is 0 Å². The molecule has 114 valence electrons. The first-order valence-corrected chi connectivity index (χ1v) is 10.3. The first-order valence-electron chi connectivity index (χ1n) is 7.52. The second-order valence-electron chi connectivity index (χ2n) is 5.80. The molecule has 0 spiro atoms. The molecule has 1 saturated heterocycles. The molecule has 2 heterocycles. The molecule has 2 aliphatic rings. The van der Waals surface area contributed by atoms with Gasteiger partial charge >= 0.3 is 0 Å². The fourth-order valence-electron chi connectivity index (χ4n) is 3.31. The van der Waals surface area contributed by atoms with Crippen LogP contribution in [0.25, 0.3) is 0 Å². The third-order valence-corrected chi connectivity index (χ3v) is 9.01. The number of aliphatic hydroxyl groups is 1. The van der Waals surface area contributed by atoms with Crippen molar-refractivity contribution >= 4 is 35.3 Å². The summed E-state index contributed by atoms with van der Waals surface area (Å²) in [5.41, 5.74) is 1.17. The van der Waals surface area contributed by atoms with Gasteiger partial charge in [0.25, 0.3) is 0 Å². The number of fused-ring (bicyclic) bond motifs is 2. The summed E-state index contributed by atoms with van der Waals surface area (Å²) in [5.74, 6) is 2.23. The molecule has 4 heteroatoms. The Balaban J connectivity index is 1.98. The summed E-state index contributed by atoms with van der Waals surface area (Å²) in [6.45, 7) is 2.21. The summed E-state index contributed by atoms with van der Waals surface area (Å²) in [7, 11) is 0. The Morgan fingerprint density at radius 3 is 1.91 bits per heavy atom. The van der Waals surface area contributed by atoms with Gasteiger partial charge in [0.15, 0.2) is 0 Å². The van der Waals surface area contributed by atoms with E-state index in [2.05, 4.69) is 43.3 Å². The SMILES string of the molecule is CC1(C2(O)c3ccccc3Sc3ccccc32)SCCCS1. The molecular weight excluding hydrogens is 328 g/mol. The number of thioether (sulfide) groups is 2. The quantitative estimate of drug-likeness (QED) is 0.786. The van der Waals surface area contributed by atoms with Gasteiger partial charge in [-0.2, -0.15) is 0 Å². The molecule has 4 rings (SSSR count). The summed E-state index contributed by atoms with van der Waals surface area (Å²) >= 11 is 5.57. The van der Waals surface area contributed by atoms with E-state index in [1.54, 1.807) is 11.8 Å². The van der Waals surface area contributed by atoms with Crippen LogP contribution >= 0.6 is 35.3 Å². The fraction of sp³-hybridized carbons (Fsp3) is 0.333. The van der Waals surface area contributed by atoms with Gasteiger partial charge in [-0.15, -0.1) is 23.5 Å². The average molecular weight is 347 g/mol. The zero-order chi connectivity index (χ0) is 15.2. The first kappa shape index (κ1) is 15.0. The number of hydrogen-bond donors (Lipinski definition) is 1. The van der Waals surface area contributed by atoms with Gasteiger partial charge in [0, 0.05) is 20.9 Å². The first-order chi connectivity index (χ1) is 10.7. The van der Waals surface area contributed by atoms with Crippen LogP contribution in [0.2, 0.25) is 0 Å². The summed E-state index contributed by atoms with van der Waals surface area (Å²) in [5, 5.41) is 12.0. The highest BCUT2D eigenvalue weighted by molar-refractivity contribution is 8.18. The van der Waals surface area contributed by atoms with Crippen LogP contribution in [0.3, 0.4) is 0 Å². The highest BCUT2D eigenvalue weighted by Crippen LogP contribution is 2.61. The van der Waals surface area contributed by atoms with E-state index in [9.17, 15) is 5.11 Å². The van der Waals surface area contributed by atoms with Gasteiger partial charge in [0.05, 0.1) is 4.08 Å². The molecule has 2 aliphatic heterocycles. The van der Waals surface area contributed by atoms with Crippen LogP contribution in [0, 0.1) is 0 Å². The summed E-state index contributed by atoms with van der Waals surface area (Å²) < 4.78 is -0.252. The van der Waals surface area contributed by atoms with Crippen molar-refractivity contribution in [2.45, 2.75) is 32.8 Å². The molecule has 0 radical (unpaired) electrons. The molecule has 0 atom stereocenters. The molecule has 0 aromatic heterocycles. The third kappa shape index (κ3) is 2.08. The van der Waals surface area contributed by atoms with Crippen molar-refractivity contribution in [1.29, 1.82) is 0 Å². The van der Waals surface area contributed by atoms with Gasteiger partial charge in [-0.05, 0) is 37.0 Å². The van der Waals surface area contributed by atoms with E-state index in [1.165, 1.54) is 16.2 Å². The maximum atomic E-state index is 12.0. The van der Waals surface area contributed by atoms with Crippen LogP contribution < -0.4 is 0 Å². The van der Waals surface area contributed by atoms with Gasteiger partial charge in [0.1, 0.15) is 5.60 Å². The maximum absolute atomic E-state index is 12.0. The molecule has 0 amide bonds. The minimum Gasteiger partial charge on any atom is -0.378 e. The van der Waals surface area contributed by atoms with Crippen LogP contribution in [0.5, 0.6) is 0 Å². The highest BCUT2D eigenvalue weighted by Gasteiger charge is 2.54. The molecule has 0 bridgehead atoms. The van der Waals surface area contributed by atoms with Crippen molar-refractivity contribution in [1.82, 2.24) is 0 Å². The van der Waals surface area contributed by atoms with E-state index >= 15 is 0 Å². The number of rotatable bonds is 1. The molecule has 1 nitrogen and oxygen atoms in total. The Kier molecular flexibility index (Phi) is 3.76. The lowest BCUT2D eigenvalue weighted by molar-refractivity contribution is 0.0654. The zero-order valence-electron chi connectivity index (χ0n) is 12.4. The Morgan fingerprint density at radius 1 is 0.864 bits per heavy atom. The Bertz CT molecular complexity index is 661. The molecule has 1 fully saturated rings. The minimum atomic E-state index is -0.943. The minimum absolute atomic E-state index is 0.252. The summed E-state index contributed by atoms with van der Waals surface area (Å²) in [6, 6.07) is 16.6. The lowest BCUT2D eigenvalue weighted by atomic mass is 9.82. The van der Waals surface area contributed by atoms with Crippen molar-refractivity contribution in [3.63, 3.8) is 0 Å². The normalized spacial score (nSPS) is 21.7. The molecule has 0 saturated carbocycles. The van der Waals surface area contributed by atoms with Crippen LogP contribution in [0.1, 0.15) is 24.5 Å². The molecule has 2 aromatic rings. The largest absolute Gasteiger partial charge is 0.378 e. The van der Waals surface area contributed by atoms with E-state index in [0.717, 1.165) is 22.6 Å². The van der Waals surface area contributed by atoms with Gasteiger partial charge in [-0.25, -0.2) is 0 Å². The third-order valence-electron chi connectivity index (χ3n) is 4.47. The Morgan fingerprint density at radius 2 is 1.36 bits per heavy atom. The summed E-state index contributed by atoms with van der Waals surface area (Å²) in [6.07, 6.45) is 1.22. The smallest absolute Gasteiger partial charge is 0.140 e. The second-order valence-corrected chi connectivity index (χ2v) is 10.2. The Labute approximate surface area is 144 Å². The monoisotopic (exact) mass is 346 g/mol. The predicted octanol–water partition coefficient (Wildman–Crippen LogP) is 4.97. The highest BCUT2D eigenvalue weighted by atomic mass is 32.2. The van der Waals surface area contributed by atoms with Crippen LogP contribution in [-0.2, 0) is 5.60 Å². The van der Waals surface area contributed by atoms with Crippen molar-refractivity contribution < 1.29 is 5.11 Å². The fourth-order valence-corrected chi connectivity index (χ4v) is 7.72. The van der Waals surface area contributed by atoms with Gasteiger partial charge in [-0.1, -0.05) is 48.2 Å². The van der Waals surface area contributed by atoms with Crippen molar-refractivity contribution in [3.05, 3.63) is 59.7 Å². The number of hydrogen-bond acceptors (Lipinski definition) is 4. The molecule has 0 aliphatic carbocycles. The van der Waals surface area contributed by atoms with E-state index in [-0.39, 0.29) is 4.08 Å².